The lowest BCUT2D eigenvalue weighted by atomic mass is 10.2. The molecule has 0 saturated carbocycles. The van der Waals surface area contributed by atoms with Crippen LogP contribution in [-0.2, 0) is 11.3 Å². The minimum atomic E-state index is -0.408. The molecule has 1 aliphatic heterocycles. The van der Waals surface area contributed by atoms with Crippen LogP contribution in [0.25, 0.3) is 0 Å². The molecule has 0 bridgehead atoms. The van der Waals surface area contributed by atoms with Gasteiger partial charge in [-0.05, 0) is 0 Å². The lowest BCUT2D eigenvalue weighted by Crippen LogP contribution is -2.45. The molecule has 1 fully saturated rings. The van der Waals surface area contributed by atoms with Gasteiger partial charge in [-0.3, -0.25) is 0 Å². The third-order valence-corrected chi connectivity index (χ3v) is 3.78. The standard InChI is InChI=1S/C15H21N7O3/c1-9(2)14-20-13(21-25-14)11-8-24-4-3-22(11)15(23)19-10-6-17-12(5-16)18-7-10/h6-7,9,11H,3-5,8,16H2,1-2H3,(H,19,23). The largest absolute Gasteiger partial charge is 0.377 e. The maximum absolute atomic E-state index is 12.6. The van der Waals surface area contributed by atoms with Crippen LogP contribution in [0.4, 0.5) is 10.5 Å². The molecule has 25 heavy (non-hydrogen) atoms. The molecule has 0 radical (unpaired) electrons. The first kappa shape index (κ1) is 17.2. The third-order valence-electron chi connectivity index (χ3n) is 3.78. The Bertz CT molecular complexity index is 716. The smallest absolute Gasteiger partial charge is 0.322 e. The predicted octanol–water partition coefficient (Wildman–Crippen LogP) is 1.05. The van der Waals surface area contributed by atoms with E-state index in [9.17, 15) is 4.79 Å². The Labute approximate surface area is 144 Å². The molecule has 10 heteroatoms. The molecule has 0 aromatic carbocycles. The van der Waals surface area contributed by atoms with E-state index < -0.39 is 6.04 Å². The molecule has 134 valence electrons. The van der Waals surface area contributed by atoms with Gasteiger partial charge in [-0.1, -0.05) is 19.0 Å². The maximum Gasteiger partial charge on any atom is 0.322 e. The number of ether oxygens (including phenoxy) is 1. The van der Waals surface area contributed by atoms with Crippen LogP contribution in [0.2, 0.25) is 0 Å². The Morgan fingerprint density at radius 3 is 2.84 bits per heavy atom. The molecule has 1 aliphatic rings. The van der Waals surface area contributed by atoms with Crippen LogP contribution in [0, 0.1) is 0 Å². The summed E-state index contributed by atoms with van der Waals surface area (Å²) in [6, 6.07) is -0.706. The van der Waals surface area contributed by atoms with Crippen LogP contribution in [0.3, 0.4) is 0 Å². The van der Waals surface area contributed by atoms with Gasteiger partial charge in [-0.2, -0.15) is 4.98 Å². The quantitative estimate of drug-likeness (QED) is 0.838. The van der Waals surface area contributed by atoms with E-state index in [2.05, 4.69) is 25.4 Å². The summed E-state index contributed by atoms with van der Waals surface area (Å²) < 4.78 is 10.7. The number of nitrogens with one attached hydrogen (secondary N) is 1. The Hall–Kier alpha value is -2.59. The second-order valence-corrected chi connectivity index (χ2v) is 5.95. The molecule has 0 aliphatic carbocycles. The van der Waals surface area contributed by atoms with E-state index in [-0.39, 0.29) is 18.5 Å². The summed E-state index contributed by atoms with van der Waals surface area (Å²) in [5.41, 5.74) is 5.96. The number of amides is 2. The van der Waals surface area contributed by atoms with Crippen molar-refractivity contribution >= 4 is 11.7 Å². The molecule has 3 N–H and O–H groups in total. The SMILES string of the molecule is CC(C)c1nc(C2COCCN2C(=O)Nc2cnc(CN)nc2)no1. The number of carbonyl (C=O) groups excluding carboxylic acids is 1. The van der Waals surface area contributed by atoms with Gasteiger partial charge in [-0.25, -0.2) is 14.8 Å². The maximum atomic E-state index is 12.6. The summed E-state index contributed by atoms with van der Waals surface area (Å²) in [6.45, 7) is 5.35. The van der Waals surface area contributed by atoms with E-state index in [0.717, 1.165) is 0 Å². The van der Waals surface area contributed by atoms with Crippen LogP contribution in [-0.4, -0.2) is 50.8 Å². The van der Waals surface area contributed by atoms with Crippen LogP contribution in [0.5, 0.6) is 0 Å². The molecule has 1 unspecified atom stereocenters. The topological polar surface area (TPSA) is 132 Å². The highest BCUT2D eigenvalue weighted by Crippen LogP contribution is 2.24. The molecular formula is C15H21N7O3. The summed E-state index contributed by atoms with van der Waals surface area (Å²) in [6.07, 6.45) is 3.04. The number of nitrogens with zero attached hydrogens (tertiary/aromatic N) is 5. The van der Waals surface area contributed by atoms with Gasteiger partial charge in [-0.15, -0.1) is 0 Å². The van der Waals surface area contributed by atoms with Crippen molar-refractivity contribution in [2.45, 2.75) is 32.4 Å². The highest BCUT2D eigenvalue weighted by Gasteiger charge is 2.32. The molecular weight excluding hydrogens is 326 g/mol. The number of nitrogens with two attached hydrogens (primary N) is 1. The Morgan fingerprint density at radius 2 is 2.20 bits per heavy atom. The summed E-state index contributed by atoms with van der Waals surface area (Å²) in [5.74, 6) is 1.60. The van der Waals surface area contributed by atoms with Gasteiger partial charge in [0.1, 0.15) is 11.9 Å². The van der Waals surface area contributed by atoms with Gasteiger partial charge in [0, 0.05) is 12.5 Å². The monoisotopic (exact) mass is 347 g/mol. The third kappa shape index (κ3) is 3.91. The zero-order chi connectivity index (χ0) is 17.8. The summed E-state index contributed by atoms with van der Waals surface area (Å²) in [7, 11) is 0. The van der Waals surface area contributed by atoms with Gasteiger partial charge < -0.3 is 25.2 Å². The Kier molecular flexibility index (Phi) is 5.19. The van der Waals surface area contributed by atoms with Crippen LogP contribution >= 0.6 is 0 Å². The van der Waals surface area contributed by atoms with Crippen molar-refractivity contribution in [1.82, 2.24) is 25.0 Å². The molecule has 3 rings (SSSR count). The van der Waals surface area contributed by atoms with E-state index >= 15 is 0 Å². The predicted molar refractivity (Wildman–Crippen MR) is 87.6 cm³/mol. The first-order valence-corrected chi connectivity index (χ1v) is 8.08. The van der Waals surface area contributed by atoms with Crippen molar-refractivity contribution in [1.29, 1.82) is 0 Å². The van der Waals surface area contributed by atoms with E-state index in [1.165, 1.54) is 12.4 Å². The first-order chi connectivity index (χ1) is 12.1. The Balaban J connectivity index is 1.73. The fraction of sp³-hybridized carbons (Fsp3) is 0.533. The van der Waals surface area contributed by atoms with Gasteiger partial charge in [0.15, 0.2) is 5.82 Å². The number of carbonyl (C=O) groups is 1. The van der Waals surface area contributed by atoms with Crippen molar-refractivity contribution in [2.24, 2.45) is 5.73 Å². The first-order valence-electron chi connectivity index (χ1n) is 8.08. The number of rotatable bonds is 4. The lowest BCUT2D eigenvalue weighted by molar-refractivity contribution is 0.0110. The Morgan fingerprint density at radius 1 is 1.44 bits per heavy atom. The van der Waals surface area contributed by atoms with E-state index in [0.29, 0.717) is 43.0 Å². The number of urea groups is 1. The molecule has 2 amide bonds. The highest BCUT2D eigenvalue weighted by atomic mass is 16.5. The van der Waals surface area contributed by atoms with Crippen molar-refractivity contribution in [3.63, 3.8) is 0 Å². The zero-order valence-electron chi connectivity index (χ0n) is 14.2. The number of hydrogen-bond donors (Lipinski definition) is 2. The fourth-order valence-electron chi connectivity index (χ4n) is 2.40. The molecule has 3 heterocycles. The summed E-state index contributed by atoms with van der Waals surface area (Å²) >= 11 is 0. The van der Waals surface area contributed by atoms with E-state index in [4.69, 9.17) is 15.0 Å². The second-order valence-electron chi connectivity index (χ2n) is 5.95. The summed E-state index contributed by atoms with van der Waals surface area (Å²) in [5, 5.41) is 6.77. The van der Waals surface area contributed by atoms with Gasteiger partial charge in [0.2, 0.25) is 5.89 Å². The molecule has 1 saturated heterocycles. The minimum absolute atomic E-state index is 0.117. The number of hydrogen-bond acceptors (Lipinski definition) is 8. The van der Waals surface area contributed by atoms with Gasteiger partial charge in [0.05, 0.1) is 37.8 Å². The molecule has 1 atom stereocenters. The number of morpholine rings is 1. The molecule has 2 aromatic rings. The number of anilines is 1. The van der Waals surface area contributed by atoms with Crippen molar-refractivity contribution in [3.05, 3.63) is 29.9 Å². The molecule has 10 nitrogen and oxygen atoms in total. The lowest BCUT2D eigenvalue weighted by Gasteiger charge is -2.33. The zero-order valence-corrected chi connectivity index (χ0v) is 14.2. The van der Waals surface area contributed by atoms with Gasteiger partial charge in [0.25, 0.3) is 0 Å². The minimum Gasteiger partial charge on any atom is -0.377 e. The fourth-order valence-corrected chi connectivity index (χ4v) is 2.40. The number of aromatic nitrogens is 4. The average molecular weight is 347 g/mol. The van der Waals surface area contributed by atoms with Crippen LogP contribution in [0.1, 0.15) is 43.3 Å². The summed E-state index contributed by atoms with van der Waals surface area (Å²) in [4.78, 5) is 26.8. The van der Waals surface area contributed by atoms with Gasteiger partial charge >= 0.3 is 6.03 Å². The van der Waals surface area contributed by atoms with Crippen molar-refractivity contribution < 1.29 is 14.1 Å². The normalized spacial score (nSPS) is 17.8. The highest BCUT2D eigenvalue weighted by molar-refractivity contribution is 5.89. The molecule has 0 spiro atoms. The van der Waals surface area contributed by atoms with Crippen molar-refractivity contribution in [2.75, 3.05) is 25.1 Å². The van der Waals surface area contributed by atoms with E-state index in [1.807, 2.05) is 13.8 Å². The van der Waals surface area contributed by atoms with Crippen molar-refractivity contribution in [3.8, 4) is 0 Å². The molecule has 2 aromatic heterocycles. The second kappa shape index (κ2) is 7.53. The average Bonchev–Trinajstić information content (AvgIpc) is 3.12. The van der Waals surface area contributed by atoms with Crippen LogP contribution in [0.15, 0.2) is 16.9 Å². The van der Waals surface area contributed by atoms with E-state index in [1.54, 1.807) is 4.90 Å². The van der Waals surface area contributed by atoms with Crippen LogP contribution < -0.4 is 11.1 Å².